The van der Waals surface area contributed by atoms with E-state index in [0.717, 1.165) is 16.9 Å². The second kappa shape index (κ2) is 6.20. The molecule has 0 spiro atoms. The fourth-order valence-corrected chi connectivity index (χ4v) is 3.65. The lowest BCUT2D eigenvalue weighted by Gasteiger charge is -2.04. The summed E-state index contributed by atoms with van der Waals surface area (Å²) in [5, 5.41) is 4.43. The minimum absolute atomic E-state index is 0.106. The topological polar surface area (TPSA) is 44.1 Å². The monoisotopic (exact) mass is 332 g/mol. The summed E-state index contributed by atoms with van der Waals surface area (Å²) in [5.74, 6) is 0.116. The van der Waals surface area contributed by atoms with Crippen LogP contribution in [-0.2, 0) is 9.53 Å². The number of nitrogens with zero attached hydrogens (tertiary/aromatic N) is 2. The van der Waals surface area contributed by atoms with Gasteiger partial charge in [-0.3, -0.25) is 4.79 Å². The van der Waals surface area contributed by atoms with Crippen molar-refractivity contribution in [1.29, 1.82) is 0 Å². The molecule has 2 aromatic carbocycles. The number of ether oxygens (including phenoxy) is 1. The van der Waals surface area contributed by atoms with Crippen LogP contribution in [0.25, 0.3) is 5.69 Å². The Hall–Kier alpha value is -2.88. The van der Waals surface area contributed by atoms with E-state index >= 15 is 0 Å². The summed E-state index contributed by atoms with van der Waals surface area (Å²) in [6.07, 6.45) is 1.95. The van der Waals surface area contributed by atoms with Crippen LogP contribution in [-0.4, -0.2) is 22.9 Å². The molecule has 1 aliphatic carbocycles. The molecule has 3 atom stereocenters. The van der Waals surface area contributed by atoms with Gasteiger partial charge in [0, 0.05) is 18.0 Å². The zero-order chi connectivity index (χ0) is 17.4. The smallest absolute Gasteiger partial charge is 0.309 e. The summed E-state index contributed by atoms with van der Waals surface area (Å²) in [6.45, 7) is 1.97. The van der Waals surface area contributed by atoms with Crippen LogP contribution < -0.4 is 0 Å². The predicted molar refractivity (Wildman–Crippen MR) is 95.7 cm³/mol. The van der Waals surface area contributed by atoms with E-state index in [4.69, 9.17) is 4.74 Å². The number of hydrogen-bond donors (Lipinski definition) is 0. The Labute approximate surface area is 147 Å². The van der Waals surface area contributed by atoms with Crippen molar-refractivity contribution in [2.45, 2.75) is 18.8 Å². The molecule has 126 valence electrons. The first-order chi connectivity index (χ1) is 12.2. The van der Waals surface area contributed by atoms with Gasteiger partial charge in [0.05, 0.1) is 24.4 Å². The van der Waals surface area contributed by atoms with E-state index in [1.54, 1.807) is 0 Å². The molecule has 1 saturated carbocycles. The minimum atomic E-state index is -0.134. The molecule has 1 fully saturated rings. The number of hydrogen-bond acceptors (Lipinski definition) is 3. The Kier molecular flexibility index (Phi) is 3.88. The molecule has 4 rings (SSSR count). The van der Waals surface area contributed by atoms with Crippen LogP contribution in [0.3, 0.4) is 0 Å². The van der Waals surface area contributed by atoms with E-state index in [1.165, 1.54) is 12.7 Å². The van der Waals surface area contributed by atoms with Gasteiger partial charge in [-0.25, -0.2) is 4.68 Å². The number of aryl methyl sites for hydroxylation is 1. The quantitative estimate of drug-likeness (QED) is 0.682. The number of methoxy groups -OCH3 is 1. The van der Waals surface area contributed by atoms with Crippen molar-refractivity contribution >= 4 is 5.97 Å². The van der Waals surface area contributed by atoms with Gasteiger partial charge in [0.25, 0.3) is 0 Å². The first-order valence-corrected chi connectivity index (χ1v) is 8.44. The first-order valence-electron chi connectivity index (χ1n) is 8.44. The third kappa shape index (κ3) is 2.84. The summed E-state index contributed by atoms with van der Waals surface area (Å²) >= 11 is 0. The van der Waals surface area contributed by atoms with E-state index in [-0.39, 0.29) is 23.7 Å². The third-order valence-corrected chi connectivity index (χ3v) is 4.94. The van der Waals surface area contributed by atoms with Gasteiger partial charge < -0.3 is 4.74 Å². The number of benzene rings is 2. The van der Waals surface area contributed by atoms with Crippen molar-refractivity contribution in [3.8, 4) is 5.69 Å². The lowest BCUT2D eigenvalue weighted by atomic mass is 10.0. The van der Waals surface area contributed by atoms with Crippen molar-refractivity contribution < 1.29 is 9.53 Å². The fraction of sp³-hybridized carbons (Fsp3) is 0.238. The van der Waals surface area contributed by atoms with Crippen molar-refractivity contribution in [1.82, 2.24) is 9.78 Å². The van der Waals surface area contributed by atoms with Crippen LogP contribution in [0, 0.1) is 12.8 Å². The van der Waals surface area contributed by atoms with E-state index < -0.39 is 0 Å². The molecule has 0 unspecified atom stereocenters. The Morgan fingerprint density at radius 3 is 2.16 bits per heavy atom. The van der Waals surface area contributed by atoms with Gasteiger partial charge in [-0.15, -0.1) is 0 Å². The predicted octanol–water partition coefficient (Wildman–Crippen LogP) is 3.85. The maximum absolute atomic E-state index is 12.2. The molecule has 0 aliphatic heterocycles. The van der Waals surface area contributed by atoms with E-state index in [2.05, 4.69) is 41.5 Å². The molecular formula is C21H20N2O2. The van der Waals surface area contributed by atoms with Crippen molar-refractivity contribution in [3.05, 3.63) is 83.7 Å². The average molecular weight is 332 g/mol. The SMILES string of the molecule is COC(=O)[C@@H]1[C@H](c2ccccc2)[C@H]1c1ccc(-n2ccc(C)n2)cc1. The van der Waals surface area contributed by atoms with Crippen LogP contribution in [0.4, 0.5) is 0 Å². The maximum Gasteiger partial charge on any atom is 0.309 e. The third-order valence-electron chi connectivity index (χ3n) is 4.94. The van der Waals surface area contributed by atoms with Gasteiger partial charge in [-0.05, 0) is 36.2 Å². The molecule has 4 nitrogen and oxygen atoms in total. The highest BCUT2D eigenvalue weighted by molar-refractivity contribution is 5.80. The number of aromatic nitrogens is 2. The maximum atomic E-state index is 12.2. The van der Waals surface area contributed by atoms with Crippen molar-refractivity contribution in [2.75, 3.05) is 7.11 Å². The van der Waals surface area contributed by atoms with E-state index in [0.29, 0.717) is 0 Å². The number of carbonyl (C=O) groups excluding carboxylic acids is 1. The van der Waals surface area contributed by atoms with Crippen LogP contribution in [0.1, 0.15) is 28.7 Å². The zero-order valence-electron chi connectivity index (χ0n) is 14.3. The van der Waals surface area contributed by atoms with Gasteiger partial charge in [0.15, 0.2) is 0 Å². The molecule has 25 heavy (non-hydrogen) atoms. The molecule has 0 N–H and O–H groups in total. The summed E-state index contributed by atoms with van der Waals surface area (Å²) in [5.41, 5.74) is 4.36. The van der Waals surface area contributed by atoms with Crippen LogP contribution in [0.2, 0.25) is 0 Å². The second-order valence-electron chi connectivity index (χ2n) is 6.50. The fourth-order valence-electron chi connectivity index (χ4n) is 3.65. The van der Waals surface area contributed by atoms with Crippen molar-refractivity contribution in [3.63, 3.8) is 0 Å². The minimum Gasteiger partial charge on any atom is -0.469 e. The highest BCUT2D eigenvalue weighted by Gasteiger charge is 2.56. The summed E-state index contributed by atoms with van der Waals surface area (Å²) in [7, 11) is 1.46. The molecule has 4 heteroatoms. The number of rotatable bonds is 4. The van der Waals surface area contributed by atoms with Gasteiger partial charge in [-0.2, -0.15) is 5.10 Å². The second-order valence-corrected chi connectivity index (χ2v) is 6.50. The molecule has 0 bridgehead atoms. The Morgan fingerprint density at radius 1 is 0.960 bits per heavy atom. The van der Waals surface area contributed by atoms with E-state index in [9.17, 15) is 4.79 Å². The van der Waals surface area contributed by atoms with Crippen molar-refractivity contribution in [2.24, 2.45) is 5.92 Å². The van der Waals surface area contributed by atoms with Gasteiger partial charge in [0.2, 0.25) is 0 Å². The summed E-state index contributed by atoms with van der Waals surface area (Å²) in [6, 6.07) is 20.5. The average Bonchev–Trinajstić information content (AvgIpc) is 3.27. The van der Waals surface area contributed by atoms with Crippen LogP contribution >= 0.6 is 0 Å². The lowest BCUT2D eigenvalue weighted by Crippen LogP contribution is -2.05. The summed E-state index contributed by atoms with van der Waals surface area (Å²) < 4.78 is 6.88. The normalized spacial score (nSPS) is 21.8. The Bertz CT molecular complexity index is 884. The number of esters is 1. The molecule has 1 aromatic heterocycles. The van der Waals surface area contributed by atoms with Crippen LogP contribution in [0.5, 0.6) is 0 Å². The standard InChI is InChI=1S/C21H20N2O2/c1-14-12-13-23(22-14)17-10-8-16(9-11-17)19-18(20(19)21(24)25-2)15-6-4-3-5-7-15/h3-13,18-20H,1-2H3/t18-,19-,20-/m1/s1. The zero-order valence-corrected chi connectivity index (χ0v) is 14.3. The first kappa shape index (κ1) is 15.6. The molecule has 1 heterocycles. The highest BCUT2D eigenvalue weighted by atomic mass is 16.5. The lowest BCUT2D eigenvalue weighted by molar-refractivity contribution is -0.142. The van der Waals surface area contributed by atoms with E-state index in [1.807, 2.05) is 42.1 Å². The molecule has 1 aliphatic rings. The molecule has 3 aromatic rings. The Morgan fingerprint density at radius 2 is 1.60 bits per heavy atom. The molecule has 0 amide bonds. The van der Waals surface area contributed by atoms with Gasteiger partial charge in [-0.1, -0.05) is 42.5 Å². The summed E-state index contributed by atoms with van der Waals surface area (Å²) in [4.78, 5) is 12.2. The highest BCUT2D eigenvalue weighted by Crippen LogP contribution is 2.60. The van der Waals surface area contributed by atoms with Gasteiger partial charge >= 0.3 is 5.97 Å². The molecule has 0 saturated heterocycles. The molecule has 0 radical (unpaired) electrons. The largest absolute Gasteiger partial charge is 0.469 e. The Balaban J connectivity index is 1.62. The van der Waals surface area contributed by atoms with Crippen LogP contribution in [0.15, 0.2) is 66.9 Å². The van der Waals surface area contributed by atoms with Gasteiger partial charge in [0.1, 0.15) is 0 Å². The number of carbonyl (C=O) groups is 1. The molecular weight excluding hydrogens is 312 g/mol.